The van der Waals surface area contributed by atoms with E-state index in [2.05, 4.69) is 23.8 Å². The van der Waals surface area contributed by atoms with E-state index in [-0.39, 0.29) is 12.7 Å². The molecule has 0 saturated carbocycles. The summed E-state index contributed by atoms with van der Waals surface area (Å²) < 4.78 is 5.13. The van der Waals surface area contributed by atoms with E-state index < -0.39 is 6.23 Å². The van der Waals surface area contributed by atoms with Crippen LogP contribution in [0.3, 0.4) is 0 Å². The zero-order valence-electron chi connectivity index (χ0n) is 12.1. The standard InChI is InChI=1S/C13H24N4O2/c1-9(2)12-5-11(7-19-4)16-10(3)17(12)8-15-6-13(14)18/h5,8-10,13,18H,6-7,14H2,1-4H3. The number of aliphatic hydroxyl groups excluding tert-OH is 1. The maximum absolute atomic E-state index is 9.02. The van der Waals surface area contributed by atoms with E-state index in [4.69, 9.17) is 15.6 Å². The van der Waals surface area contributed by atoms with E-state index in [0.29, 0.717) is 12.5 Å². The van der Waals surface area contributed by atoms with Gasteiger partial charge in [-0.3, -0.25) is 9.98 Å². The Bertz CT molecular complexity index is 375. The van der Waals surface area contributed by atoms with Crippen molar-refractivity contribution in [3.8, 4) is 0 Å². The van der Waals surface area contributed by atoms with Gasteiger partial charge in [-0.2, -0.15) is 0 Å². The first-order valence-electron chi connectivity index (χ1n) is 6.44. The summed E-state index contributed by atoms with van der Waals surface area (Å²) in [6.07, 6.45) is 2.76. The molecule has 0 aromatic heterocycles. The predicted octanol–water partition coefficient (Wildman–Crippen LogP) is 0.581. The summed E-state index contributed by atoms with van der Waals surface area (Å²) in [6.45, 7) is 6.92. The molecule has 1 heterocycles. The summed E-state index contributed by atoms with van der Waals surface area (Å²) in [6, 6.07) is 0. The van der Waals surface area contributed by atoms with Crippen molar-refractivity contribution in [3.63, 3.8) is 0 Å². The van der Waals surface area contributed by atoms with Gasteiger partial charge < -0.3 is 20.5 Å². The molecule has 0 bridgehead atoms. The summed E-state index contributed by atoms with van der Waals surface area (Å²) in [7, 11) is 1.66. The van der Waals surface area contributed by atoms with Crippen molar-refractivity contribution in [1.82, 2.24) is 4.90 Å². The molecule has 1 aliphatic heterocycles. The number of allylic oxidation sites excluding steroid dienone is 1. The second-order valence-corrected chi connectivity index (χ2v) is 4.86. The minimum atomic E-state index is -0.921. The fourth-order valence-electron chi connectivity index (χ4n) is 1.90. The highest BCUT2D eigenvalue weighted by Crippen LogP contribution is 2.21. The number of hydrogen-bond donors (Lipinski definition) is 2. The van der Waals surface area contributed by atoms with E-state index >= 15 is 0 Å². The van der Waals surface area contributed by atoms with Crippen LogP contribution < -0.4 is 5.73 Å². The molecule has 0 spiro atoms. The van der Waals surface area contributed by atoms with E-state index in [1.54, 1.807) is 13.4 Å². The van der Waals surface area contributed by atoms with Gasteiger partial charge in [0.1, 0.15) is 12.4 Å². The lowest BCUT2D eigenvalue weighted by atomic mass is 10.1. The quantitative estimate of drug-likeness (QED) is 0.419. The van der Waals surface area contributed by atoms with Gasteiger partial charge in [-0.15, -0.1) is 0 Å². The summed E-state index contributed by atoms with van der Waals surface area (Å²) in [5, 5.41) is 9.02. The average Bonchev–Trinajstić information content (AvgIpc) is 2.31. The molecule has 2 atom stereocenters. The molecule has 0 saturated heterocycles. The SMILES string of the molecule is COCC1=NC(C)N(C=NCC(N)O)C(C(C)C)=C1. The first-order valence-corrected chi connectivity index (χ1v) is 6.44. The van der Waals surface area contributed by atoms with Crippen LogP contribution in [0.1, 0.15) is 20.8 Å². The molecule has 1 rings (SSSR count). The monoisotopic (exact) mass is 268 g/mol. The average molecular weight is 268 g/mol. The lowest BCUT2D eigenvalue weighted by Crippen LogP contribution is -2.37. The van der Waals surface area contributed by atoms with E-state index in [1.807, 2.05) is 17.9 Å². The maximum Gasteiger partial charge on any atom is 0.123 e. The Morgan fingerprint density at radius 2 is 2.32 bits per heavy atom. The van der Waals surface area contributed by atoms with Gasteiger partial charge in [-0.1, -0.05) is 13.8 Å². The number of hydrogen-bond acceptors (Lipinski definition) is 5. The van der Waals surface area contributed by atoms with Gasteiger partial charge in [-0.05, 0) is 18.9 Å². The van der Waals surface area contributed by atoms with Crippen LogP contribution >= 0.6 is 0 Å². The molecule has 1 aliphatic rings. The molecule has 0 aliphatic carbocycles. The molecule has 0 fully saturated rings. The third-order valence-electron chi connectivity index (χ3n) is 2.75. The molecular weight excluding hydrogens is 244 g/mol. The van der Waals surface area contributed by atoms with Gasteiger partial charge in [0.2, 0.25) is 0 Å². The van der Waals surface area contributed by atoms with Crippen molar-refractivity contribution in [2.75, 3.05) is 20.3 Å². The van der Waals surface area contributed by atoms with Crippen molar-refractivity contribution < 1.29 is 9.84 Å². The Labute approximate surface area is 114 Å². The minimum absolute atomic E-state index is 0.0359. The van der Waals surface area contributed by atoms with Crippen molar-refractivity contribution in [1.29, 1.82) is 0 Å². The Morgan fingerprint density at radius 1 is 1.63 bits per heavy atom. The highest BCUT2D eigenvalue weighted by molar-refractivity contribution is 5.97. The van der Waals surface area contributed by atoms with Crippen molar-refractivity contribution in [2.24, 2.45) is 21.6 Å². The lowest BCUT2D eigenvalue weighted by Gasteiger charge is -2.33. The van der Waals surface area contributed by atoms with Gasteiger partial charge in [0.15, 0.2) is 0 Å². The fourth-order valence-corrected chi connectivity index (χ4v) is 1.90. The van der Waals surface area contributed by atoms with Gasteiger partial charge >= 0.3 is 0 Å². The van der Waals surface area contributed by atoms with Crippen molar-refractivity contribution >= 4 is 12.1 Å². The van der Waals surface area contributed by atoms with Crippen LogP contribution in [0, 0.1) is 5.92 Å². The third kappa shape index (κ3) is 4.74. The van der Waals surface area contributed by atoms with E-state index in [1.165, 1.54) is 0 Å². The smallest absolute Gasteiger partial charge is 0.123 e. The number of rotatable bonds is 6. The molecule has 19 heavy (non-hydrogen) atoms. The molecule has 2 unspecified atom stereocenters. The topological polar surface area (TPSA) is 83.4 Å². The van der Waals surface area contributed by atoms with Crippen LogP contribution in [-0.2, 0) is 4.74 Å². The maximum atomic E-state index is 9.02. The molecular formula is C13H24N4O2. The van der Waals surface area contributed by atoms with Gasteiger partial charge in [-0.25, -0.2) is 0 Å². The number of nitrogens with two attached hydrogens (primary N) is 1. The normalized spacial score (nSPS) is 21.8. The first-order chi connectivity index (χ1) is 8.95. The Hall–Kier alpha value is -1.24. The van der Waals surface area contributed by atoms with Crippen LogP contribution in [0.25, 0.3) is 0 Å². The summed E-state index contributed by atoms with van der Waals surface area (Å²) in [4.78, 5) is 10.7. The zero-order chi connectivity index (χ0) is 14.4. The molecule has 0 radical (unpaired) electrons. The van der Waals surface area contributed by atoms with Crippen LogP contribution in [-0.4, -0.2) is 54.7 Å². The first kappa shape index (κ1) is 15.8. The van der Waals surface area contributed by atoms with Crippen LogP contribution in [0.15, 0.2) is 21.8 Å². The number of aliphatic imine (C=N–C) groups is 2. The summed E-state index contributed by atoms with van der Waals surface area (Å²) in [5.41, 5.74) is 7.33. The Balaban J connectivity index is 2.86. The molecule has 0 amide bonds. The molecule has 108 valence electrons. The number of ether oxygens (including phenoxy) is 1. The second kappa shape index (κ2) is 7.37. The predicted molar refractivity (Wildman–Crippen MR) is 77.1 cm³/mol. The van der Waals surface area contributed by atoms with Gasteiger partial charge in [0.05, 0.1) is 25.2 Å². The van der Waals surface area contributed by atoms with Gasteiger partial charge in [0.25, 0.3) is 0 Å². The molecule has 6 nitrogen and oxygen atoms in total. The summed E-state index contributed by atoms with van der Waals surface area (Å²) >= 11 is 0. The third-order valence-corrected chi connectivity index (χ3v) is 2.75. The highest BCUT2D eigenvalue weighted by atomic mass is 16.5. The largest absolute Gasteiger partial charge is 0.378 e. The van der Waals surface area contributed by atoms with Crippen LogP contribution in [0.5, 0.6) is 0 Å². The minimum Gasteiger partial charge on any atom is -0.378 e. The van der Waals surface area contributed by atoms with Crippen LogP contribution in [0.4, 0.5) is 0 Å². The second-order valence-electron chi connectivity index (χ2n) is 4.86. The molecule has 0 aromatic rings. The zero-order valence-corrected chi connectivity index (χ0v) is 12.1. The number of aliphatic hydroxyl groups is 1. The molecule has 0 aromatic carbocycles. The van der Waals surface area contributed by atoms with E-state index in [0.717, 1.165) is 11.4 Å². The fraction of sp³-hybridized carbons (Fsp3) is 0.692. The van der Waals surface area contributed by atoms with Crippen LogP contribution in [0.2, 0.25) is 0 Å². The summed E-state index contributed by atoms with van der Waals surface area (Å²) in [5.74, 6) is 0.346. The number of nitrogens with zero attached hydrogens (tertiary/aromatic N) is 3. The molecule has 3 N–H and O–H groups in total. The Morgan fingerprint density at radius 3 is 2.84 bits per heavy atom. The highest BCUT2D eigenvalue weighted by Gasteiger charge is 2.22. The molecule has 6 heteroatoms. The Kier molecular flexibility index (Phi) is 6.14. The number of methoxy groups -OCH3 is 1. The lowest BCUT2D eigenvalue weighted by molar-refractivity contribution is 0.191. The van der Waals surface area contributed by atoms with E-state index in [9.17, 15) is 0 Å². The van der Waals surface area contributed by atoms with Crippen molar-refractivity contribution in [3.05, 3.63) is 11.8 Å². The van der Waals surface area contributed by atoms with Gasteiger partial charge in [0, 0.05) is 12.8 Å². The van der Waals surface area contributed by atoms with Crippen molar-refractivity contribution in [2.45, 2.75) is 33.2 Å².